The molecule has 2 aromatic rings. The third-order valence-electron chi connectivity index (χ3n) is 2.51. The smallest absolute Gasteiger partial charge is 0.0755 e. The number of aliphatic hydroxyl groups excluding tert-OH is 1. The third-order valence-corrected chi connectivity index (χ3v) is 4.72. The van der Waals surface area contributed by atoms with Crippen LogP contribution >= 0.6 is 15.9 Å². The van der Waals surface area contributed by atoms with Gasteiger partial charge in [-0.15, -0.1) is 0 Å². The largest absolute Gasteiger partial charge is 0.391 e. The van der Waals surface area contributed by atoms with E-state index in [1.165, 1.54) is 0 Å². The highest BCUT2D eigenvalue weighted by atomic mass is 79.9. The van der Waals surface area contributed by atoms with Gasteiger partial charge in [-0.25, -0.2) is 0 Å². The minimum Gasteiger partial charge on any atom is -0.391 e. The van der Waals surface area contributed by atoms with E-state index in [9.17, 15) is 9.32 Å². The molecule has 2 rings (SSSR count). The van der Waals surface area contributed by atoms with Crippen LogP contribution in [0.25, 0.3) is 10.8 Å². The Morgan fingerprint density at radius 2 is 1.88 bits per heavy atom. The minimum absolute atomic E-state index is 0.267. The summed E-state index contributed by atoms with van der Waals surface area (Å²) in [6, 6.07) is 13.7. The third kappa shape index (κ3) is 3.15. The van der Waals surface area contributed by atoms with E-state index in [0.29, 0.717) is 5.33 Å². The van der Waals surface area contributed by atoms with E-state index >= 15 is 0 Å². The molecule has 0 bridgehead atoms. The molecule has 0 spiro atoms. The van der Waals surface area contributed by atoms with Gasteiger partial charge in [0.1, 0.15) is 0 Å². The average molecular weight is 313 g/mol. The zero-order valence-corrected chi connectivity index (χ0v) is 11.6. The van der Waals surface area contributed by atoms with E-state index in [4.69, 9.17) is 0 Å². The number of halogens is 1. The second kappa shape index (κ2) is 5.76. The summed E-state index contributed by atoms with van der Waals surface area (Å²) in [4.78, 5) is 0.767. The van der Waals surface area contributed by atoms with Crippen LogP contribution in [0.4, 0.5) is 0 Å². The molecular weight excluding hydrogens is 300 g/mol. The first-order chi connectivity index (χ1) is 8.20. The van der Waals surface area contributed by atoms with Gasteiger partial charge in [0.15, 0.2) is 0 Å². The fraction of sp³-hybridized carbons (Fsp3) is 0.231. The summed E-state index contributed by atoms with van der Waals surface area (Å²) in [6.07, 6.45) is -0.567. The highest BCUT2D eigenvalue weighted by molar-refractivity contribution is 9.09. The van der Waals surface area contributed by atoms with E-state index in [1.54, 1.807) is 0 Å². The van der Waals surface area contributed by atoms with Gasteiger partial charge < -0.3 is 5.11 Å². The predicted octanol–water partition coefficient (Wildman–Crippen LogP) is 2.70. The van der Waals surface area contributed by atoms with Crippen LogP contribution in [0.5, 0.6) is 0 Å². The highest BCUT2D eigenvalue weighted by Crippen LogP contribution is 2.18. The maximum atomic E-state index is 12.0. The number of aliphatic hydroxyl groups is 1. The van der Waals surface area contributed by atoms with Crippen LogP contribution in [-0.2, 0) is 10.8 Å². The Bertz CT molecular complexity index is 542. The maximum absolute atomic E-state index is 12.0. The SMILES string of the molecule is O=S(C[C@@H](O)CBr)c1ccc2ccccc2c1. The molecule has 1 N–H and O–H groups in total. The van der Waals surface area contributed by atoms with Gasteiger partial charge in [-0.1, -0.05) is 46.3 Å². The lowest BCUT2D eigenvalue weighted by atomic mass is 10.1. The molecule has 0 aliphatic heterocycles. The van der Waals surface area contributed by atoms with E-state index < -0.39 is 16.9 Å². The van der Waals surface area contributed by atoms with Crippen LogP contribution in [0.2, 0.25) is 0 Å². The van der Waals surface area contributed by atoms with Gasteiger partial charge in [0.2, 0.25) is 0 Å². The van der Waals surface area contributed by atoms with Crippen molar-refractivity contribution in [2.45, 2.75) is 11.0 Å². The summed E-state index contributed by atoms with van der Waals surface area (Å²) in [5.74, 6) is 0.267. The maximum Gasteiger partial charge on any atom is 0.0755 e. The Morgan fingerprint density at radius 3 is 2.59 bits per heavy atom. The van der Waals surface area contributed by atoms with Gasteiger partial charge in [-0.05, 0) is 22.9 Å². The highest BCUT2D eigenvalue weighted by Gasteiger charge is 2.10. The number of benzene rings is 2. The van der Waals surface area contributed by atoms with Crippen molar-refractivity contribution >= 4 is 37.5 Å². The molecule has 0 saturated heterocycles. The van der Waals surface area contributed by atoms with Crippen molar-refractivity contribution in [2.75, 3.05) is 11.1 Å². The summed E-state index contributed by atoms with van der Waals surface area (Å²) in [6.45, 7) is 0. The van der Waals surface area contributed by atoms with E-state index in [2.05, 4.69) is 15.9 Å². The zero-order valence-electron chi connectivity index (χ0n) is 9.17. The molecule has 2 aromatic carbocycles. The molecule has 4 heteroatoms. The fourth-order valence-corrected chi connectivity index (χ4v) is 3.29. The number of rotatable bonds is 4. The monoisotopic (exact) mass is 312 g/mol. The van der Waals surface area contributed by atoms with Crippen LogP contribution in [0.1, 0.15) is 0 Å². The van der Waals surface area contributed by atoms with Crippen molar-refractivity contribution in [3.63, 3.8) is 0 Å². The lowest BCUT2D eigenvalue weighted by Gasteiger charge is -2.07. The predicted molar refractivity (Wildman–Crippen MR) is 75.0 cm³/mol. The number of hydrogen-bond donors (Lipinski definition) is 1. The van der Waals surface area contributed by atoms with Crippen molar-refractivity contribution in [3.8, 4) is 0 Å². The second-order valence-electron chi connectivity index (χ2n) is 3.83. The summed E-state index contributed by atoms with van der Waals surface area (Å²) in [5.41, 5.74) is 0. The number of hydrogen-bond acceptors (Lipinski definition) is 2. The molecule has 0 heterocycles. The molecule has 0 saturated carbocycles. The van der Waals surface area contributed by atoms with Crippen molar-refractivity contribution in [3.05, 3.63) is 42.5 Å². The quantitative estimate of drug-likeness (QED) is 0.881. The molecule has 0 amide bonds. The van der Waals surface area contributed by atoms with Crippen LogP contribution in [0.3, 0.4) is 0 Å². The summed E-state index contributed by atoms with van der Waals surface area (Å²) < 4.78 is 12.0. The molecular formula is C13H13BrO2S. The molecule has 90 valence electrons. The first kappa shape index (κ1) is 12.7. The molecule has 17 heavy (non-hydrogen) atoms. The lowest BCUT2D eigenvalue weighted by molar-refractivity contribution is 0.225. The van der Waals surface area contributed by atoms with Crippen molar-refractivity contribution in [1.82, 2.24) is 0 Å². The Labute approximate surface area is 111 Å². The molecule has 1 unspecified atom stereocenters. The van der Waals surface area contributed by atoms with Gasteiger partial charge in [0, 0.05) is 10.2 Å². The van der Waals surface area contributed by atoms with Crippen molar-refractivity contribution < 1.29 is 9.32 Å². The number of fused-ring (bicyclic) bond motifs is 1. The zero-order chi connectivity index (χ0) is 12.3. The van der Waals surface area contributed by atoms with E-state index in [0.717, 1.165) is 15.7 Å². The number of alkyl halides is 1. The van der Waals surface area contributed by atoms with Crippen LogP contribution < -0.4 is 0 Å². The molecule has 0 aromatic heterocycles. The van der Waals surface area contributed by atoms with Crippen LogP contribution in [0.15, 0.2) is 47.4 Å². The molecule has 0 aliphatic rings. The summed E-state index contributed by atoms with van der Waals surface area (Å²) in [5, 5.41) is 12.1. The first-order valence-corrected chi connectivity index (χ1v) is 7.76. The molecule has 2 atom stereocenters. The van der Waals surface area contributed by atoms with E-state index in [-0.39, 0.29) is 5.75 Å². The van der Waals surface area contributed by atoms with Gasteiger partial charge in [0.25, 0.3) is 0 Å². The summed E-state index contributed by atoms with van der Waals surface area (Å²) in [7, 11) is -1.15. The normalized spacial score (nSPS) is 14.7. The van der Waals surface area contributed by atoms with Gasteiger partial charge >= 0.3 is 0 Å². The molecule has 0 aliphatic carbocycles. The summed E-state index contributed by atoms with van der Waals surface area (Å²) >= 11 is 3.17. The Balaban J connectivity index is 2.27. The lowest BCUT2D eigenvalue weighted by Crippen LogP contribution is -2.17. The molecule has 2 nitrogen and oxygen atoms in total. The van der Waals surface area contributed by atoms with Gasteiger partial charge in [0.05, 0.1) is 22.7 Å². The second-order valence-corrected chi connectivity index (χ2v) is 5.97. The van der Waals surface area contributed by atoms with E-state index in [1.807, 2.05) is 42.5 Å². The van der Waals surface area contributed by atoms with Crippen molar-refractivity contribution in [1.29, 1.82) is 0 Å². The molecule has 0 radical (unpaired) electrons. The average Bonchev–Trinajstić information content (AvgIpc) is 2.38. The van der Waals surface area contributed by atoms with Gasteiger partial charge in [-0.2, -0.15) is 0 Å². The van der Waals surface area contributed by atoms with Gasteiger partial charge in [-0.3, -0.25) is 4.21 Å². The Hall–Kier alpha value is -0.710. The van der Waals surface area contributed by atoms with Crippen LogP contribution in [-0.4, -0.2) is 26.5 Å². The van der Waals surface area contributed by atoms with Crippen molar-refractivity contribution in [2.24, 2.45) is 0 Å². The Kier molecular flexibility index (Phi) is 4.31. The molecule has 0 fully saturated rings. The first-order valence-electron chi connectivity index (χ1n) is 5.32. The standard InChI is InChI=1S/C13H13BrO2S/c14-8-12(15)9-17(16)13-6-5-10-3-1-2-4-11(10)7-13/h1-7,12,15H,8-9H2/t12-,17?/m0/s1. The minimum atomic E-state index is -1.15. The Morgan fingerprint density at radius 1 is 1.18 bits per heavy atom. The van der Waals surface area contributed by atoms with Crippen LogP contribution in [0, 0.1) is 0 Å². The fourth-order valence-electron chi connectivity index (χ4n) is 1.62. The topological polar surface area (TPSA) is 37.3 Å².